The Bertz CT molecular complexity index is 425. The first-order valence-corrected chi connectivity index (χ1v) is 5.83. The molecule has 0 amide bonds. The fourth-order valence-electron chi connectivity index (χ4n) is 2.29. The van der Waals surface area contributed by atoms with Gasteiger partial charge < -0.3 is 5.73 Å². The first kappa shape index (κ1) is 12.2. The van der Waals surface area contributed by atoms with E-state index in [1.54, 1.807) is 0 Å². The molecule has 17 heavy (non-hydrogen) atoms. The van der Waals surface area contributed by atoms with Gasteiger partial charge in [0.1, 0.15) is 11.6 Å². The Labute approximate surface area is 98.8 Å². The average Bonchev–Trinajstić information content (AvgIpc) is 2.29. The van der Waals surface area contributed by atoms with E-state index in [-0.39, 0.29) is 23.3 Å². The number of hydrogen-bond donors (Lipinski definition) is 1. The van der Waals surface area contributed by atoms with Gasteiger partial charge in [0.2, 0.25) is 0 Å². The van der Waals surface area contributed by atoms with Crippen LogP contribution in [0.4, 0.5) is 8.78 Å². The van der Waals surface area contributed by atoms with Gasteiger partial charge in [-0.15, -0.1) is 0 Å². The quantitative estimate of drug-likeness (QED) is 0.806. The van der Waals surface area contributed by atoms with Gasteiger partial charge in [0, 0.05) is 18.0 Å². The summed E-state index contributed by atoms with van der Waals surface area (Å²) in [6, 6.07) is 3.24. The number of rotatable bonds is 2. The number of benzene rings is 1. The molecule has 0 aromatic heterocycles. The topological polar surface area (TPSA) is 43.1 Å². The highest BCUT2D eigenvalue weighted by atomic mass is 19.1. The first-order valence-electron chi connectivity index (χ1n) is 5.83. The summed E-state index contributed by atoms with van der Waals surface area (Å²) in [7, 11) is 0. The second-order valence-corrected chi connectivity index (χ2v) is 4.60. The van der Waals surface area contributed by atoms with Crippen molar-refractivity contribution in [2.45, 2.75) is 31.7 Å². The van der Waals surface area contributed by atoms with Gasteiger partial charge >= 0.3 is 0 Å². The Morgan fingerprint density at radius 1 is 1.18 bits per heavy atom. The van der Waals surface area contributed by atoms with Crippen molar-refractivity contribution >= 4 is 5.78 Å². The Balaban J connectivity index is 2.14. The number of halogens is 2. The number of carbonyl (C=O) groups is 1. The molecule has 0 heterocycles. The molecule has 1 aromatic carbocycles. The van der Waals surface area contributed by atoms with Gasteiger partial charge in [-0.2, -0.15) is 0 Å². The fourth-order valence-corrected chi connectivity index (χ4v) is 2.29. The minimum Gasteiger partial charge on any atom is -0.328 e. The fraction of sp³-hybridized carbons (Fsp3) is 0.462. The number of ketones is 1. The van der Waals surface area contributed by atoms with Gasteiger partial charge in [-0.1, -0.05) is 0 Å². The molecular weight excluding hydrogens is 224 g/mol. The van der Waals surface area contributed by atoms with E-state index in [4.69, 9.17) is 5.73 Å². The normalized spacial score (nSPS) is 24.6. The summed E-state index contributed by atoms with van der Waals surface area (Å²) in [6.07, 6.45) is 2.96. The minimum absolute atomic E-state index is 0.00753. The molecule has 0 aliphatic heterocycles. The third-order valence-corrected chi connectivity index (χ3v) is 3.34. The molecule has 1 aliphatic rings. The van der Waals surface area contributed by atoms with Gasteiger partial charge in [-0.3, -0.25) is 4.79 Å². The highest BCUT2D eigenvalue weighted by molar-refractivity contribution is 5.98. The lowest BCUT2D eigenvalue weighted by molar-refractivity contribution is 0.0880. The molecule has 4 heteroatoms. The Morgan fingerprint density at radius 2 is 1.82 bits per heavy atom. The molecule has 0 unspecified atom stereocenters. The summed E-state index contributed by atoms with van der Waals surface area (Å²) in [5, 5.41) is 0. The summed E-state index contributed by atoms with van der Waals surface area (Å²) in [4.78, 5) is 12.0. The van der Waals surface area contributed by atoms with Crippen LogP contribution in [0.3, 0.4) is 0 Å². The van der Waals surface area contributed by atoms with Gasteiger partial charge in [0.15, 0.2) is 5.78 Å². The van der Waals surface area contributed by atoms with Crippen molar-refractivity contribution in [2.75, 3.05) is 0 Å². The van der Waals surface area contributed by atoms with Crippen molar-refractivity contribution in [3.63, 3.8) is 0 Å². The second-order valence-electron chi connectivity index (χ2n) is 4.60. The van der Waals surface area contributed by atoms with Gasteiger partial charge in [0.05, 0.1) is 5.56 Å². The lowest BCUT2D eigenvalue weighted by atomic mass is 9.82. The van der Waals surface area contributed by atoms with E-state index in [2.05, 4.69) is 0 Å². The molecule has 1 aliphatic carbocycles. The van der Waals surface area contributed by atoms with E-state index in [9.17, 15) is 13.6 Å². The Kier molecular flexibility index (Phi) is 3.52. The zero-order valence-corrected chi connectivity index (χ0v) is 9.46. The van der Waals surface area contributed by atoms with Crippen LogP contribution in [-0.4, -0.2) is 11.8 Å². The summed E-state index contributed by atoms with van der Waals surface area (Å²) >= 11 is 0. The number of nitrogens with two attached hydrogens (primary N) is 1. The van der Waals surface area contributed by atoms with Crippen molar-refractivity contribution < 1.29 is 13.6 Å². The molecular formula is C13H15F2NO. The highest BCUT2D eigenvalue weighted by Crippen LogP contribution is 2.27. The SMILES string of the molecule is NC1CCC(C(=O)c2ccc(F)cc2F)CC1. The largest absolute Gasteiger partial charge is 0.328 e. The van der Waals surface area contributed by atoms with E-state index in [1.165, 1.54) is 6.07 Å². The third kappa shape index (κ3) is 2.69. The first-order chi connectivity index (χ1) is 8.08. The molecule has 1 saturated carbocycles. The zero-order chi connectivity index (χ0) is 12.4. The summed E-state index contributed by atoms with van der Waals surface area (Å²) in [5.41, 5.74) is 5.74. The maximum atomic E-state index is 13.4. The van der Waals surface area contributed by atoms with Gasteiger partial charge in [0.25, 0.3) is 0 Å². The van der Waals surface area contributed by atoms with E-state index in [0.717, 1.165) is 25.0 Å². The summed E-state index contributed by atoms with van der Waals surface area (Å²) < 4.78 is 26.2. The highest BCUT2D eigenvalue weighted by Gasteiger charge is 2.27. The van der Waals surface area contributed by atoms with Crippen molar-refractivity contribution in [3.05, 3.63) is 35.4 Å². The lowest BCUT2D eigenvalue weighted by Crippen LogP contribution is -2.30. The van der Waals surface area contributed by atoms with E-state index >= 15 is 0 Å². The molecule has 0 saturated heterocycles. The molecule has 0 spiro atoms. The van der Waals surface area contributed by atoms with Gasteiger partial charge in [-0.05, 0) is 37.8 Å². The monoisotopic (exact) mass is 239 g/mol. The van der Waals surface area contributed by atoms with Crippen LogP contribution < -0.4 is 5.73 Å². The van der Waals surface area contributed by atoms with Crippen LogP contribution in [0.1, 0.15) is 36.0 Å². The van der Waals surface area contributed by atoms with Crippen LogP contribution in [0, 0.1) is 17.6 Å². The molecule has 92 valence electrons. The lowest BCUT2D eigenvalue weighted by Gasteiger charge is -2.25. The predicted octanol–water partition coefficient (Wildman–Crippen LogP) is 2.67. The van der Waals surface area contributed by atoms with Crippen molar-refractivity contribution in [1.82, 2.24) is 0 Å². The van der Waals surface area contributed by atoms with Crippen molar-refractivity contribution in [2.24, 2.45) is 11.7 Å². The molecule has 2 N–H and O–H groups in total. The molecule has 0 radical (unpaired) electrons. The summed E-state index contributed by atoms with van der Waals surface area (Å²) in [6.45, 7) is 0. The van der Waals surface area contributed by atoms with Gasteiger partial charge in [-0.25, -0.2) is 8.78 Å². The summed E-state index contributed by atoms with van der Waals surface area (Å²) in [5.74, 6) is -1.83. The maximum Gasteiger partial charge on any atom is 0.168 e. The number of hydrogen-bond acceptors (Lipinski definition) is 2. The van der Waals surface area contributed by atoms with E-state index in [0.29, 0.717) is 12.8 Å². The van der Waals surface area contributed by atoms with Crippen molar-refractivity contribution in [3.8, 4) is 0 Å². The van der Waals surface area contributed by atoms with Crippen LogP contribution in [0.2, 0.25) is 0 Å². The standard InChI is InChI=1S/C13H15F2NO/c14-9-3-6-11(12(15)7-9)13(17)8-1-4-10(16)5-2-8/h3,6-8,10H,1-2,4-5,16H2. The minimum atomic E-state index is -0.773. The molecule has 1 aromatic rings. The molecule has 0 bridgehead atoms. The Morgan fingerprint density at radius 3 is 2.41 bits per heavy atom. The van der Waals surface area contributed by atoms with Crippen LogP contribution in [0.25, 0.3) is 0 Å². The average molecular weight is 239 g/mol. The van der Waals surface area contributed by atoms with Crippen LogP contribution in [0.5, 0.6) is 0 Å². The Hall–Kier alpha value is -1.29. The molecule has 1 fully saturated rings. The van der Waals surface area contributed by atoms with E-state index in [1.807, 2.05) is 0 Å². The third-order valence-electron chi connectivity index (χ3n) is 3.34. The van der Waals surface area contributed by atoms with Crippen LogP contribution in [-0.2, 0) is 0 Å². The van der Waals surface area contributed by atoms with Crippen LogP contribution in [0.15, 0.2) is 18.2 Å². The second kappa shape index (κ2) is 4.92. The zero-order valence-electron chi connectivity index (χ0n) is 9.46. The number of carbonyl (C=O) groups excluding carboxylic acids is 1. The smallest absolute Gasteiger partial charge is 0.168 e. The predicted molar refractivity (Wildman–Crippen MR) is 60.6 cm³/mol. The van der Waals surface area contributed by atoms with Crippen molar-refractivity contribution in [1.29, 1.82) is 0 Å². The molecule has 0 atom stereocenters. The van der Waals surface area contributed by atoms with Crippen LogP contribution >= 0.6 is 0 Å². The van der Waals surface area contributed by atoms with E-state index < -0.39 is 11.6 Å². The molecule has 2 nitrogen and oxygen atoms in total. The maximum absolute atomic E-state index is 13.4. The molecule has 2 rings (SSSR count). The number of Topliss-reactive ketones (excluding diaryl/α,β-unsaturated/α-hetero) is 1.